The van der Waals surface area contributed by atoms with Gasteiger partial charge in [0.25, 0.3) is 0 Å². The van der Waals surface area contributed by atoms with Crippen molar-refractivity contribution in [2.75, 3.05) is 5.32 Å². The van der Waals surface area contributed by atoms with E-state index in [9.17, 15) is 4.79 Å². The Hall–Kier alpha value is -2.40. The minimum atomic E-state index is -0.0409. The Bertz CT molecular complexity index is 643. The van der Waals surface area contributed by atoms with Crippen molar-refractivity contribution in [3.05, 3.63) is 71.3 Å². The van der Waals surface area contributed by atoms with Crippen LogP contribution >= 0.6 is 11.3 Å². The number of aromatic nitrogens is 2. The molecule has 1 amide bonds. The van der Waals surface area contributed by atoms with Crippen LogP contribution in [0.1, 0.15) is 17.3 Å². The Morgan fingerprint density at radius 3 is 2.71 bits per heavy atom. The third kappa shape index (κ3) is 3.38. The number of hydrogen-bond acceptors (Lipinski definition) is 3. The largest absolute Gasteiger partial charge is 0.346 e. The summed E-state index contributed by atoms with van der Waals surface area (Å²) in [6.07, 6.45) is 6.01. The van der Waals surface area contributed by atoms with Gasteiger partial charge in [-0.25, -0.2) is 4.98 Å². The molecule has 1 atom stereocenters. The summed E-state index contributed by atoms with van der Waals surface area (Å²) >= 11 is 1.66. The van der Waals surface area contributed by atoms with Crippen molar-refractivity contribution in [1.82, 2.24) is 9.55 Å². The highest BCUT2D eigenvalue weighted by Gasteiger charge is 2.18. The van der Waals surface area contributed by atoms with Gasteiger partial charge in [-0.05, 0) is 35.7 Å². The minimum absolute atomic E-state index is 0.0173. The summed E-state index contributed by atoms with van der Waals surface area (Å²) in [5.74, 6) is 0.542. The van der Waals surface area contributed by atoms with Crippen molar-refractivity contribution in [3.63, 3.8) is 0 Å². The summed E-state index contributed by atoms with van der Waals surface area (Å²) < 4.78 is 2.06. The first-order valence-corrected chi connectivity index (χ1v) is 7.57. The molecule has 1 N–H and O–H groups in total. The molecular weight excluding hydrogens is 282 g/mol. The lowest BCUT2D eigenvalue weighted by Gasteiger charge is -2.17. The molecule has 4 nitrogen and oxygen atoms in total. The second-order valence-corrected chi connectivity index (χ2v) is 5.61. The van der Waals surface area contributed by atoms with Crippen LogP contribution in [0.2, 0.25) is 0 Å². The number of hydrogen-bond donors (Lipinski definition) is 1. The van der Waals surface area contributed by atoms with Gasteiger partial charge in [0.15, 0.2) is 0 Å². The highest BCUT2D eigenvalue weighted by Crippen LogP contribution is 2.26. The number of carbonyl (C=O) groups excluding carboxylic acids is 1. The number of pyridine rings is 1. The summed E-state index contributed by atoms with van der Waals surface area (Å²) in [6.45, 7) is 0. The van der Waals surface area contributed by atoms with Gasteiger partial charge >= 0.3 is 0 Å². The first-order chi connectivity index (χ1) is 10.3. The summed E-state index contributed by atoms with van der Waals surface area (Å²) in [6, 6.07) is 13.5. The molecule has 3 heterocycles. The fourth-order valence-corrected chi connectivity index (χ4v) is 3.03. The molecular formula is C16H15N3OS. The zero-order valence-electron chi connectivity index (χ0n) is 11.3. The molecule has 3 rings (SSSR count). The van der Waals surface area contributed by atoms with E-state index >= 15 is 0 Å². The van der Waals surface area contributed by atoms with Gasteiger partial charge in [0.2, 0.25) is 5.91 Å². The van der Waals surface area contributed by atoms with Gasteiger partial charge in [-0.2, -0.15) is 0 Å². The fraction of sp³-hybridized carbons (Fsp3) is 0.125. The first kappa shape index (κ1) is 13.6. The normalized spacial score (nSPS) is 12.0. The van der Waals surface area contributed by atoms with Gasteiger partial charge in [0.05, 0.1) is 12.5 Å². The highest BCUT2D eigenvalue weighted by atomic mass is 32.1. The van der Waals surface area contributed by atoms with E-state index in [0.29, 0.717) is 12.2 Å². The number of carbonyl (C=O) groups is 1. The van der Waals surface area contributed by atoms with Crippen molar-refractivity contribution in [3.8, 4) is 0 Å². The van der Waals surface area contributed by atoms with Crippen LogP contribution in [-0.2, 0) is 4.79 Å². The SMILES string of the molecule is O=C(C[C@H](c1cccs1)n1cccc1)Nc1ccccn1. The summed E-state index contributed by atoms with van der Waals surface area (Å²) in [5, 5.41) is 4.87. The van der Waals surface area contributed by atoms with Crippen LogP contribution in [0.25, 0.3) is 0 Å². The Morgan fingerprint density at radius 2 is 2.05 bits per heavy atom. The molecule has 0 spiro atoms. The first-order valence-electron chi connectivity index (χ1n) is 6.69. The van der Waals surface area contributed by atoms with Gasteiger partial charge in [0, 0.05) is 23.5 Å². The number of rotatable bonds is 5. The highest BCUT2D eigenvalue weighted by molar-refractivity contribution is 7.10. The van der Waals surface area contributed by atoms with Crippen LogP contribution in [0.15, 0.2) is 66.4 Å². The molecule has 0 aromatic carbocycles. The van der Waals surface area contributed by atoms with Crippen molar-refractivity contribution in [2.45, 2.75) is 12.5 Å². The van der Waals surface area contributed by atoms with Gasteiger partial charge in [-0.1, -0.05) is 12.1 Å². The monoisotopic (exact) mass is 297 g/mol. The maximum absolute atomic E-state index is 12.3. The molecule has 0 saturated heterocycles. The Labute approximate surface area is 127 Å². The van der Waals surface area contributed by atoms with E-state index in [1.165, 1.54) is 4.88 Å². The van der Waals surface area contributed by atoms with Crippen molar-refractivity contribution >= 4 is 23.1 Å². The van der Waals surface area contributed by atoms with E-state index in [4.69, 9.17) is 0 Å². The van der Waals surface area contributed by atoms with E-state index in [1.54, 1.807) is 23.6 Å². The van der Waals surface area contributed by atoms with Crippen molar-refractivity contribution in [2.24, 2.45) is 0 Å². The molecule has 0 saturated carbocycles. The van der Waals surface area contributed by atoms with Crippen molar-refractivity contribution < 1.29 is 4.79 Å². The van der Waals surface area contributed by atoms with E-state index in [-0.39, 0.29) is 11.9 Å². The van der Waals surface area contributed by atoms with Crippen LogP contribution in [0.3, 0.4) is 0 Å². The van der Waals surface area contributed by atoms with Crippen molar-refractivity contribution in [1.29, 1.82) is 0 Å². The van der Waals surface area contributed by atoms with E-state index in [1.807, 2.05) is 48.1 Å². The van der Waals surface area contributed by atoms with E-state index in [2.05, 4.69) is 20.9 Å². The van der Waals surface area contributed by atoms with Crippen LogP contribution in [0, 0.1) is 0 Å². The number of nitrogens with one attached hydrogen (secondary N) is 1. The van der Waals surface area contributed by atoms with Gasteiger partial charge in [-0.15, -0.1) is 11.3 Å². The van der Waals surface area contributed by atoms with Gasteiger partial charge in [0.1, 0.15) is 5.82 Å². The number of amides is 1. The molecule has 3 aromatic heterocycles. The fourth-order valence-electron chi connectivity index (χ4n) is 2.20. The molecule has 0 aliphatic carbocycles. The summed E-state index contributed by atoms with van der Waals surface area (Å²) in [4.78, 5) is 17.5. The number of nitrogens with zero attached hydrogens (tertiary/aromatic N) is 2. The van der Waals surface area contributed by atoms with E-state index < -0.39 is 0 Å². The molecule has 0 bridgehead atoms. The van der Waals surface area contributed by atoms with Gasteiger partial charge < -0.3 is 9.88 Å². The average molecular weight is 297 g/mol. The topological polar surface area (TPSA) is 46.9 Å². The molecule has 0 fully saturated rings. The summed E-state index contributed by atoms with van der Waals surface area (Å²) in [5.41, 5.74) is 0. The lowest BCUT2D eigenvalue weighted by Crippen LogP contribution is -2.19. The molecule has 0 unspecified atom stereocenters. The second-order valence-electron chi connectivity index (χ2n) is 4.63. The summed E-state index contributed by atoms with van der Waals surface area (Å²) in [7, 11) is 0. The maximum atomic E-state index is 12.3. The standard InChI is InChI=1S/C16H15N3OS/c20-16(18-15-7-1-2-8-17-15)12-13(14-6-5-11-21-14)19-9-3-4-10-19/h1-11,13H,12H2,(H,17,18,20)/t13-/m1/s1. The Morgan fingerprint density at radius 1 is 1.19 bits per heavy atom. The number of thiophene rings is 1. The van der Waals surface area contributed by atoms with Gasteiger partial charge in [-0.3, -0.25) is 4.79 Å². The van der Waals surface area contributed by atoms with Crippen LogP contribution in [0.4, 0.5) is 5.82 Å². The third-order valence-electron chi connectivity index (χ3n) is 3.17. The molecule has 0 aliphatic heterocycles. The molecule has 21 heavy (non-hydrogen) atoms. The lowest BCUT2D eigenvalue weighted by atomic mass is 10.1. The zero-order valence-corrected chi connectivity index (χ0v) is 12.2. The van der Waals surface area contributed by atoms with Crippen LogP contribution in [-0.4, -0.2) is 15.5 Å². The average Bonchev–Trinajstić information content (AvgIpc) is 3.19. The quantitative estimate of drug-likeness (QED) is 0.782. The minimum Gasteiger partial charge on any atom is -0.346 e. The van der Waals surface area contributed by atoms with E-state index in [0.717, 1.165) is 0 Å². The van der Waals surface area contributed by atoms with Crippen LogP contribution in [0.5, 0.6) is 0 Å². The second kappa shape index (κ2) is 6.37. The predicted octanol–water partition coefficient (Wildman–Crippen LogP) is 3.56. The molecule has 0 radical (unpaired) electrons. The number of anilines is 1. The Balaban J connectivity index is 1.75. The molecule has 0 aliphatic rings. The Kier molecular flexibility index (Phi) is 4.12. The molecule has 3 aromatic rings. The molecule has 106 valence electrons. The smallest absolute Gasteiger partial charge is 0.227 e. The third-order valence-corrected chi connectivity index (χ3v) is 4.14. The molecule has 5 heteroatoms. The predicted molar refractivity (Wildman–Crippen MR) is 84.4 cm³/mol. The van der Waals surface area contributed by atoms with Crippen LogP contribution < -0.4 is 5.32 Å². The maximum Gasteiger partial charge on any atom is 0.227 e. The zero-order chi connectivity index (χ0) is 14.5. The lowest BCUT2D eigenvalue weighted by molar-refractivity contribution is -0.116.